The first-order chi connectivity index (χ1) is 24.2. The van der Waals surface area contributed by atoms with Crippen LogP contribution in [0.5, 0.6) is 5.75 Å². The van der Waals surface area contributed by atoms with E-state index in [-0.39, 0.29) is 30.9 Å². The van der Waals surface area contributed by atoms with Crippen molar-refractivity contribution in [1.82, 2.24) is 15.5 Å². The number of ether oxygens (including phenoxy) is 2. The van der Waals surface area contributed by atoms with Gasteiger partial charge in [-0.15, -0.1) is 0 Å². The van der Waals surface area contributed by atoms with Gasteiger partial charge in [0.15, 0.2) is 11.6 Å². The molecular formula is C38H46ClF2N5O4. The van der Waals surface area contributed by atoms with Gasteiger partial charge in [-0.3, -0.25) is 9.79 Å². The molecule has 2 heterocycles. The number of benzene rings is 3. The summed E-state index contributed by atoms with van der Waals surface area (Å²) in [6.45, 7) is 11.7. The highest BCUT2D eigenvalue weighted by Crippen LogP contribution is 2.30. The summed E-state index contributed by atoms with van der Waals surface area (Å²) in [4.78, 5) is 19.0. The van der Waals surface area contributed by atoms with Crippen LogP contribution in [0.25, 0.3) is 0 Å². The number of nitrogens with one attached hydrogen (secondary N) is 2. The van der Waals surface area contributed by atoms with Crippen LogP contribution in [0.3, 0.4) is 0 Å². The molecule has 3 aromatic carbocycles. The zero-order chi connectivity index (χ0) is 35.9. The number of hydrogen-bond donors (Lipinski definition) is 3. The summed E-state index contributed by atoms with van der Waals surface area (Å²) in [5.74, 6) is -0.960. The summed E-state index contributed by atoms with van der Waals surface area (Å²) in [6, 6.07) is 15.0. The van der Waals surface area contributed by atoms with Gasteiger partial charge in [0.2, 0.25) is 6.41 Å². The van der Waals surface area contributed by atoms with Gasteiger partial charge >= 0.3 is 0 Å². The molecule has 3 aromatic rings. The number of phenolic OH excluding ortho intramolecular Hbond substituents is 1. The molecule has 0 saturated carbocycles. The average Bonchev–Trinajstić information content (AvgIpc) is 3.12. The molecule has 1 amide bonds. The molecule has 0 bridgehead atoms. The van der Waals surface area contributed by atoms with E-state index < -0.39 is 5.82 Å². The van der Waals surface area contributed by atoms with E-state index >= 15 is 0 Å². The number of aliphatic imine (C=N–C) groups is 1. The van der Waals surface area contributed by atoms with E-state index in [9.17, 15) is 13.6 Å². The first-order valence-electron chi connectivity index (χ1n) is 16.6. The number of dihydropyridines is 1. The van der Waals surface area contributed by atoms with Crippen LogP contribution in [0.1, 0.15) is 29.5 Å². The van der Waals surface area contributed by atoms with Gasteiger partial charge in [-0.25, -0.2) is 8.78 Å². The van der Waals surface area contributed by atoms with Gasteiger partial charge in [0.25, 0.3) is 0 Å². The normalized spacial score (nSPS) is 16.1. The van der Waals surface area contributed by atoms with Crippen molar-refractivity contribution in [2.75, 3.05) is 51.3 Å². The summed E-state index contributed by atoms with van der Waals surface area (Å²) in [6.07, 6.45) is 8.53. The molecule has 268 valence electrons. The number of anilines is 1. The Morgan fingerprint density at radius 1 is 1.12 bits per heavy atom. The molecule has 0 aliphatic carbocycles. The van der Waals surface area contributed by atoms with E-state index in [2.05, 4.69) is 63.3 Å². The number of hydrogen-bond acceptors (Lipinski definition) is 8. The number of carbonyl (C=O) groups is 1. The fraction of sp³-hybridized carbons (Fsp3) is 0.368. The summed E-state index contributed by atoms with van der Waals surface area (Å²) >= 11 is 5.85. The van der Waals surface area contributed by atoms with Gasteiger partial charge in [0, 0.05) is 55.5 Å². The molecule has 12 heteroatoms. The molecule has 0 aromatic heterocycles. The van der Waals surface area contributed by atoms with Crippen LogP contribution in [0.15, 0.2) is 83.5 Å². The molecule has 5 rings (SSSR count). The van der Waals surface area contributed by atoms with E-state index in [0.717, 1.165) is 56.9 Å². The Hall–Kier alpha value is -4.29. The molecular weight excluding hydrogens is 664 g/mol. The lowest BCUT2D eigenvalue weighted by Gasteiger charge is -2.36. The third-order valence-electron chi connectivity index (χ3n) is 8.63. The maximum Gasteiger partial charge on any atom is 0.207 e. The largest absolute Gasteiger partial charge is 0.505 e. The van der Waals surface area contributed by atoms with Crippen LogP contribution in [-0.2, 0) is 27.4 Å². The van der Waals surface area contributed by atoms with Gasteiger partial charge in [0.05, 0.1) is 24.6 Å². The fourth-order valence-corrected chi connectivity index (χ4v) is 5.98. The fourth-order valence-electron chi connectivity index (χ4n) is 5.82. The van der Waals surface area contributed by atoms with Crippen LogP contribution < -0.4 is 15.5 Å². The number of rotatable bonds is 15. The molecule has 3 N–H and O–H groups in total. The first kappa shape index (κ1) is 38.5. The van der Waals surface area contributed by atoms with Crippen molar-refractivity contribution in [1.29, 1.82) is 0 Å². The summed E-state index contributed by atoms with van der Waals surface area (Å²) in [5.41, 5.74) is 5.49. The number of piperidine rings is 1. The summed E-state index contributed by atoms with van der Waals surface area (Å²) in [5, 5.41) is 15.1. The van der Waals surface area contributed by atoms with Gasteiger partial charge < -0.3 is 35.0 Å². The van der Waals surface area contributed by atoms with Crippen molar-refractivity contribution in [3.63, 3.8) is 0 Å². The predicted molar refractivity (Wildman–Crippen MR) is 195 cm³/mol. The second-order valence-electron chi connectivity index (χ2n) is 12.1. The molecule has 1 atom stereocenters. The Kier molecular flexibility index (Phi) is 15.2. The topological polar surface area (TPSA) is 98.7 Å². The standard InChI is InChI=1S/C30H38ClFN4O2.C8H8FNO2/c1-22-7-10-29(28(19-22)33-2)36(17-18-37-3)16-15-35-13-11-23(12-14-35)27-5-4-6-30(34-27)38-21-24-8-9-25(31)20-26(24)32;9-7-3-6(4-10-5-11)1-2-8(7)12/h4-10,19-20,23,30,34H,2,11-18,21H2,1,3H3;1-3,5,12H,4H2,(H,10,11). The number of allylic oxidation sites excluding steroid dienone is 3. The number of likely N-dealkylation sites (tertiary alicyclic amines) is 1. The van der Waals surface area contributed by atoms with E-state index in [0.29, 0.717) is 35.1 Å². The van der Waals surface area contributed by atoms with Crippen molar-refractivity contribution in [2.45, 2.75) is 39.1 Å². The van der Waals surface area contributed by atoms with Crippen molar-refractivity contribution in [3.05, 3.63) is 112 Å². The van der Waals surface area contributed by atoms with E-state index in [1.54, 1.807) is 19.2 Å². The third kappa shape index (κ3) is 11.7. The highest BCUT2D eigenvalue weighted by molar-refractivity contribution is 6.30. The molecule has 50 heavy (non-hydrogen) atoms. The Bertz CT molecular complexity index is 1630. The molecule has 9 nitrogen and oxygen atoms in total. The van der Waals surface area contributed by atoms with Gasteiger partial charge in [0.1, 0.15) is 12.0 Å². The average molecular weight is 710 g/mol. The summed E-state index contributed by atoms with van der Waals surface area (Å²) in [7, 11) is 1.74. The number of aryl methyl sites for hydroxylation is 1. The van der Waals surface area contributed by atoms with Crippen LogP contribution in [0.2, 0.25) is 5.02 Å². The van der Waals surface area contributed by atoms with Gasteiger partial charge in [-0.2, -0.15) is 0 Å². The third-order valence-corrected chi connectivity index (χ3v) is 8.86. The number of aromatic hydroxyl groups is 1. The quantitative estimate of drug-likeness (QED) is 0.120. The van der Waals surface area contributed by atoms with Gasteiger partial charge in [-0.05, 0) is 99.2 Å². The van der Waals surface area contributed by atoms with Crippen LogP contribution in [-0.4, -0.2) is 75.8 Å². The highest BCUT2D eigenvalue weighted by atomic mass is 35.5. The number of methoxy groups -OCH3 is 1. The minimum atomic E-state index is -0.680. The van der Waals surface area contributed by atoms with Crippen LogP contribution >= 0.6 is 11.6 Å². The Labute approximate surface area is 298 Å². The highest BCUT2D eigenvalue weighted by Gasteiger charge is 2.25. The minimum Gasteiger partial charge on any atom is -0.505 e. The Balaban J connectivity index is 0.000000396. The second-order valence-corrected chi connectivity index (χ2v) is 12.6. The van der Waals surface area contributed by atoms with Crippen molar-refractivity contribution in [2.24, 2.45) is 10.9 Å². The molecule has 0 radical (unpaired) electrons. The molecule has 0 spiro atoms. The Morgan fingerprint density at radius 2 is 1.92 bits per heavy atom. The summed E-state index contributed by atoms with van der Waals surface area (Å²) < 4.78 is 38.0. The maximum atomic E-state index is 14.1. The molecule has 1 unspecified atom stereocenters. The minimum absolute atomic E-state index is 0.181. The number of nitrogens with zero attached hydrogens (tertiary/aromatic N) is 3. The molecule has 2 aliphatic rings. The number of amides is 1. The van der Waals surface area contributed by atoms with Crippen molar-refractivity contribution < 1.29 is 28.2 Å². The Morgan fingerprint density at radius 3 is 2.62 bits per heavy atom. The van der Waals surface area contributed by atoms with E-state index in [1.807, 2.05) is 12.2 Å². The lowest BCUT2D eigenvalue weighted by Crippen LogP contribution is -2.43. The van der Waals surface area contributed by atoms with Crippen molar-refractivity contribution >= 4 is 36.1 Å². The first-order valence-corrected chi connectivity index (χ1v) is 17.0. The smallest absolute Gasteiger partial charge is 0.207 e. The molecule has 1 fully saturated rings. The van der Waals surface area contributed by atoms with Gasteiger partial charge in [-0.1, -0.05) is 35.9 Å². The number of carbonyl (C=O) groups excluding carboxylic acids is 1. The van der Waals surface area contributed by atoms with E-state index in [1.165, 1.54) is 35.5 Å². The van der Waals surface area contributed by atoms with Crippen LogP contribution in [0.4, 0.5) is 20.2 Å². The zero-order valence-electron chi connectivity index (χ0n) is 28.6. The molecule has 1 saturated heterocycles. The predicted octanol–water partition coefficient (Wildman–Crippen LogP) is 6.65. The lowest BCUT2D eigenvalue weighted by molar-refractivity contribution is -0.109. The van der Waals surface area contributed by atoms with Crippen LogP contribution in [0, 0.1) is 24.5 Å². The lowest BCUT2D eigenvalue weighted by atomic mass is 9.92. The number of phenols is 1. The zero-order valence-corrected chi connectivity index (χ0v) is 29.3. The SMILES string of the molecule is C=Nc1cc(C)ccc1N(CCOC)CCN1CCC(C2=CC=CC(OCc3ccc(Cl)cc3F)N2)CC1.O=CNCc1ccc(O)c(F)c1. The maximum absolute atomic E-state index is 14.1. The monoisotopic (exact) mass is 709 g/mol. The molecule has 2 aliphatic heterocycles. The second kappa shape index (κ2) is 19.8. The van der Waals surface area contributed by atoms with E-state index in [4.69, 9.17) is 26.2 Å². The number of halogens is 3. The van der Waals surface area contributed by atoms with Crippen molar-refractivity contribution in [3.8, 4) is 5.75 Å².